The highest BCUT2D eigenvalue weighted by atomic mass is 32.1. The zero-order valence-corrected chi connectivity index (χ0v) is 21.6. The first-order valence-electron chi connectivity index (χ1n) is 11.7. The third kappa shape index (κ3) is 5.74. The van der Waals surface area contributed by atoms with E-state index >= 15 is 4.39 Å². The lowest BCUT2D eigenvalue weighted by atomic mass is 10.1. The summed E-state index contributed by atoms with van der Waals surface area (Å²) in [6, 6.07) is 11.3. The molecule has 2 saturated heterocycles. The van der Waals surface area contributed by atoms with Crippen LogP contribution in [0.25, 0.3) is 0 Å². The molecule has 3 amide bonds. The average molecular weight is 530 g/mol. The maximum atomic E-state index is 15.1. The highest BCUT2D eigenvalue weighted by molar-refractivity contribution is 7.80. The molecule has 37 heavy (non-hydrogen) atoms. The summed E-state index contributed by atoms with van der Waals surface area (Å²) in [5.41, 5.74) is 1.92. The number of piperazine rings is 1. The van der Waals surface area contributed by atoms with Crippen molar-refractivity contribution in [1.82, 2.24) is 9.80 Å². The molecular weight excluding hydrogens is 501 g/mol. The summed E-state index contributed by atoms with van der Waals surface area (Å²) in [5, 5.41) is 2.85. The number of halogens is 1. The SMILES string of the molecule is COC(=S)N(C)C1CN(c2ccc(N3CCN(C(=O)c4ccc(NC(C)=O)cc4)CC3)c(F)c2)C(=O)O1. The summed E-state index contributed by atoms with van der Waals surface area (Å²) in [7, 11) is 3.09. The number of ether oxygens (including phenoxy) is 2. The minimum absolute atomic E-state index is 0.120. The first-order valence-corrected chi connectivity index (χ1v) is 12.1. The van der Waals surface area contributed by atoms with E-state index in [2.05, 4.69) is 5.32 Å². The Hall–Kier alpha value is -3.93. The molecule has 0 saturated carbocycles. The predicted octanol–water partition coefficient (Wildman–Crippen LogP) is 2.89. The number of nitrogens with zero attached hydrogens (tertiary/aromatic N) is 4. The Morgan fingerprint density at radius 2 is 1.81 bits per heavy atom. The van der Waals surface area contributed by atoms with E-state index < -0.39 is 18.1 Å². The van der Waals surface area contributed by atoms with Crippen molar-refractivity contribution in [1.29, 1.82) is 0 Å². The number of likely N-dealkylation sites (N-methyl/N-ethyl adjacent to an activating group) is 1. The quantitative estimate of drug-likeness (QED) is 0.591. The van der Waals surface area contributed by atoms with Crippen molar-refractivity contribution in [2.75, 3.05) is 62.0 Å². The van der Waals surface area contributed by atoms with Crippen LogP contribution in [0.15, 0.2) is 42.5 Å². The van der Waals surface area contributed by atoms with Crippen LogP contribution in [0, 0.1) is 5.82 Å². The molecule has 4 rings (SSSR count). The van der Waals surface area contributed by atoms with Crippen molar-refractivity contribution in [3.8, 4) is 0 Å². The first-order chi connectivity index (χ1) is 17.7. The van der Waals surface area contributed by atoms with Crippen LogP contribution >= 0.6 is 12.2 Å². The van der Waals surface area contributed by atoms with Gasteiger partial charge in [0.15, 0.2) is 6.23 Å². The van der Waals surface area contributed by atoms with E-state index in [9.17, 15) is 14.4 Å². The van der Waals surface area contributed by atoms with Gasteiger partial charge in [0.2, 0.25) is 5.91 Å². The van der Waals surface area contributed by atoms with Gasteiger partial charge in [0.1, 0.15) is 5.82 Å². The van der Waals surface area contributed by atoms with E-state index in [4.69, 9.17) is 21.7 Å². The van der Waals surface area contributed by atoms with Crippen molar-refractivity contribution in [2.45, 2.75) is 13.2 Å². The highest BCUT2D eigenvalue weighted by Gasteiger charge is 2.36. The van der Waals surface area contributed by atoms with Gasteiger partial charge in [-0.15, -0.1) is 0 Å². The van der Waals surface area contributed by atoms with E-state index in [-0.39, 0.29) is 23.5 Å². The number of hydrogen-bond donors (Lipinski definition) is 1. The number of methoxy groups -OCH3 is 1. The van der Waals surface area contributed by atoms with E-state index in [0.717, 1.165) is 0 Å². The van der Waals surface area contributed by atoms with Crippen LogP contribution < -0.4 is 15.1 Å². The van der Waals surface area contributed by atoms with Gasteiger partial charge in [0.25, 0.3) is 11.1 Å². The number of carbonyl (C=O) groups excluding carboxylic acids is 3. The Labute approximate surface area is 219 Å². The van der Waals surface area contributed by atoms with Crippen molar-refractivity contribution < 1.29 is 28.2 Å². The van der Waals surface area contributed by atoms with Gasteiger partial charge in [0.05, 0.1) is 25.0 Å². The van der Waals surface area contributed by atoms with E-state index in [1.54, 1.807) is 48.3 Å². The lowest BCUT2D eigenvalue weighted by Gasteiger charge is -2.36. The van der Waals surface area contributed by atoms with Crippen LogP contribution in [0.3, 0.4) is 0 Å². The van der Waals surface area contributed by atoms with Crippen LogP contribution in [0.5, 0.6) is 0 Å². The lowest BCUT2D eigenvalue weighted by Crippen LogP contribution is -2.49. The number of nitrogens with one attached hydrogen (secondary N) is 1. The van der Waals surface area contributed by atoms with Crippen molar-refractivity contribution in [3.63, 3.8) is 0 Å². The summed E-state index contributed by atoms with van der Waals surface area (Å²) in [6.07, 6.45) is -1.24. The molecule has 196 valence electrons. The van der Waals surface area contributed by atoms with E-state index in [1.807, 2.05) is 4.90 Å². The Kier molecular flexibility index (Phi) is 7.77. The van der Waals surface area contributed by atoms with Crippen LogP contribution in [0.1, 0.15) is 17.3 Å². The fourth-order valence-electron chi connectivity index (χ4n) is 4.27. The number of thiocarbonyl (C=S) groups is 1. The normalized spacial score (nSPS) is 17.4. The third-order valence-electron chi connectivity index (χ3n) is 6.29. The Morgan fingerprint density at radius 3 is 2.41 bits per heavy atom. The molecule has 2 aliphatic rings. The monoisotopic (exact) mass is 529 g/mol. The molecule has 0 aromatic heterocycles. The van der Waals surface area contributed by atoms with Gasteiger partial charge < -0.3 is 24.6 Å². The standard InChI is InChI=1S/C25H28FN5O5S/c1-16(32)27-18-6-4-17(5-7-18)23(33)30-12-10-29(11-13-30)21-9-8-19(14-20(21)26)31-15-22(36-24(31)34)28(2)25(37)35-3/h4-9,14,22H,10-13,15H2,1-3H3,(H,27,32). The fraction of sp³-hybridized carbons (Fsp3) is 0.360. The van der Waals surface area contributed by atoms with Crippen LogP contribution in [-0.2, 0) is 14.3 Å². The van der Waals surface area contributed by atoms with Gasteiger partial charge in [-0.25, -0.2) is 9.18 Å². The number of rotatable bonds is 5. The van der Waals surface area contributed by atoms with Crippen molar-refractivity contribution in [2.24, 2.45) is 0 Å². The van der Waals surface area contributed by atoms with E-state index in [0.29, 0.717) is 48.8 Å². The Bertz CT molecular complexity index is 1200. The van der Waals surface area contributed by atoms with Gasteiger partial charge in [-0.05, 0) is 54.7 Å². The summed E-state index contributed by atoms with van der Waals surface area (Å²) < 4.78 is 25.5. The highest BCUT2D eigenvalue weighted by Crippen LogP contribution is 2.29. The van der Waals surface area contributed by atoms with Gasteiger partial charge in [0, 0.05) is 51.4 Å². The van der Waals surface area contributed by atoms with Crippen LogP contribution in [-0.4, -0.2) is 86.0 Å². The largest absolute Gasteiger partial charge is 0.474 e. The lowest BCUT2D eigenvalue weighted by molar-refractivity contribution is -0.114. The molecular formula is C25H28FN5O5S. The minimum Gasteiger partial charge on any atom is -0.474 e. The number of amides is 3. The molecule has 10 nitrogen and oxygen atoms in total. The average Bonchev–Trinajstić information content (AvgIpc) is 3.29. The molecule has 0 aliphatic carbocycles. The summed E-state index contributed by atoms with van der Waals surface area (Å²) in [5.74, 6) is -0.771. The fourth-order valence-corrected chi connectivity index (χ4v) is 4.39. The molecule has 12 heteroatoms. The van der Waals surface area contributed by atoms with Gasteiger partial charge in [-0.2, -0.15) is 0 Å². The van der Waals surface area contributed by atoms with Crippen molar-refractivity contribution >= 4 is 52.4 Å². The Morgan fingerprint density at radius 1 is 1.14 bits per heavy atom. The molecule has 2 aromatic carbocycles. The topological polar surface area (TPSA) is 94.7 Å². The maximum absolute atomic E-state index is 15.1. The molecule has 2 aliphatic heterocycles. The van der Waals surface area contributed by atoms with Gasteiger partial charge >= 0.3 is 6.09 Å². The third-order valence-corrected chi connectivity index (χ3v) is 6.75. The summed E-state index contributed by atoms with van der Waals surface area (Å²) in [6.45, 7) is 3.37. The zero-order valence-electron chi connectivity index (χ0n) is 20.8. The number of benzene rings is 2. The molecule has 1 unspecified atom stereocenters. The minimum atomic E-state index is -0.644. The number of carbonyl (C=O) groups is 3. The zero-order chi connectivity index (χ0) is 26.7. The van der Waals surface area contributed by atoms with Gasteiger partial charge in [-0.1, -0.05) is 0 Å². The van der Waals surface area contributed by atoms with E-state index in [1.165, 1.54) is 29.9 Å². The summed E-state index contributed by atoms with van der Waals surface area (Å²) >= 11 is 5.08. The van der Waals surface area contributed by atoms with Crippen LogP contribution in [0.4, 0.5) is 26.2 Å². The molecule has 2 fully saturated rings. The molecule has 1 atom stereocenters. The maximum Gasteiger partial charge on any atom is 0.416 e. The molecule has 0 radical (unpaired) electrons. The first kappa shape index (κ1) is 26.1. The molecule has 2 aromatic rings. The number of hydrogen-bond acceptors (Lipinski definition) is 7. The number of cyclic esters (lactones) is 1. The second kappa shape index (κ2) is 11.0. The second-order valence-corrected chi connectivity index (χ2v) is 9.05. The molecule has 2 heterocycles. The van der Waals surface area contributed by atoms with Gasteiger partial charge in [-0.3, -0.25) is 19.4 Å². The Balaban J connectivity index is 1.36. The molecule has 0 spiro atoms. The summed E-state index contributed by atoms with van der Waals surface area (Å²) in [4.78, 5) is 42.9. The molecule has 1 N–H and O–H groups in total. The smallest absolute Gasteiger partial charge is 0.416 e. The second-order valence-electron chi connectivity index (χ2n) is 8.70. The van der Waals surface area contributed by atoms with Crippen LogP contribution in [0.2, 0.25) is 0 Å². The predicted molar refractivity (Wildman–Crippen MR) is 140 cm³/mol. The number of anilines is 3. The molecule has 0 bridgehead atoms. The van der Waals surface area contributed by atoms with Crippen molar-refractivity contribution in [3.05, 3.63) is 53.8 Å².